The van der Waals surface area contributed by atoms with Gasteiger partial charge in [-0.1, -0.05) is 0 Å². The lowest BCUT2D eigenvalue weighted by atomic mass is 9.65. The van der Waals surface area contributed by atoms with Crippen LogP contribution in [-0.2, 0) is 4.79 Å². The van der Waals surface area contributed by atoms with E-state index in [1.54, 1.807) is 0 Å². The van der Waals surface area contributed by atoms with Gasteiger partial charge in [-0.3, -0.25) is 4.79 Å². The van der Waals surface area contributed by atoms with Crippen molar-refractivity contribution < 1.29 is 9.90 Å². The Morgan fingerprint density at radius 2 is 1.80 bits per heavy atom. The predicted molar refractivity (Wildman–Crippen MR) is 36.5 cm³/mol. The van der Waals surface area contributed by atoms with Gasteiger partial charge >= 0.3 is 0 Å². The minimum Gasteiger partial charge on any atom is -0.393 e. The molecule has 2 aliphatic rings. The van der Waals surface area contributed by atoms with Crippen LogP contribution in [0, 0.1) is 11.8 Å². The van der Waals surface area contributed by atoms with Crippen molar-refractivity contribution in [3.05, 3.63) is 0 Å². The fourth-order valence-corrected chi connectivity index (χ4v) is 1.87. The topological polar surface area (TPSA) is 37.3 Å². The van der Waals surface area contributed by atoms with Gasteiger partial charge in [0, 0.05) is 12.8 Å². The van der Waals surface area contributed by atoms with Gasteiger partial charge in [-0.15, -0.1) is 0 Å². The van der Waals surface area contributed by atoms with Crippen molar-refractivity contribution >= 4 is 5.78 Å². The first kappa shape index (κ1) is 6.35. The van der Waals surface area contributed by atoms with Gasteiger partial charge in [0.15, 0.2) is 0 Å². The molecule has 56 valence electrons. The summed E-state index contributed by atoms with van der Waals surface area (Å²) < 4.78 is 0. The van der Waals surface area contributed by atoms with E-state index in [1.807, 2.05) is 0 Å². The summed E-state index contributed by atoms with van der Waals surface area (Å²) in [5.74, 6) is 1.72. The minimum atomic E-state index is -0.0549. The number of aliphatic hydroxyl groups is 1. The third-order valence-corrected chi connectivity index (χ3v) is 2.80. The van der Waals surface area contributed by atoms with Crippen LogP contribution < -0.4 is 0 Å². The van der Waals surface area contributed by atoms with E-state index in [1.165, 1.54) is 0 Å². The smallest absolute Gasteiger partial charge is 0.133 e. The van der Waals surface area contributed by atoms with E-state index in [0.29, 0.717) is 17.6 Å². The van der Waals surface area contributed by atoms with Crippen molar-refractivity contribution in [1.29, 1.82) is 0 Å². The number of ketones is 1. The van der Waals surface area contributed by atoms with Crippen molar-refractivity contribution in [2.45, 2.75) is 31.8 Å². The first-order valence-corrected chi connectivity index (χ1v) is 3.95. The lowest BCUT2D eigenvalue weighted by molar-refractivity contribution is -0.131. The second kappa shape index (κ2) is 2.06. The predicted octanol–water partition coefficient (Wildman–Crippen LogP) is 0.736. The average Bonchev–Trinajstić information content (AvgIpc) is 1.74. The van der Waals surface area contributed by atoms with Gasteiger partial charge in [0.2, 0.25) is 0 Å². The van der Waals surface area contributed by atoms with Crippen molar-refractivity contribution in [2.75, 3.05) is 0 Å². The Morgan fingerprint density at radius 3 is 2.20 bits per heavy atom. The zero-order valence-corrected chi connectivity index (χ0v) is 5.92. The largest absolute Gasteiger partial charge is 0.393 e. The van der Waals surface area contributed by atoms with Crippen LogP contribution in [-0.4, -0.2) is 17.0 Å². The lowest BCUT2D eigenvalue weighted by Gasteiger charge is -2.41. The van der Waals surface area contributed by atoms with Crippen molar-refractivity contribution in [3.8, 4) is 0 Å². The summed E-state index contributed by atoms with van der Waals surface area (Å²) in [6.07, 6.45) is 3.41. The summed E-state index contributed by atoms with van der Waals surface area (Å²) in [5.41, 5.74) is 0. The number of carbonyl (C=O) groups is 1. The van der Waals surface area contributed by atoms with Crippen molar-refractivity contribution in [3.63, 3.8) is 0 Å². The molecular weight excluding hydrogens is 128 g/mol. The Labute approximate surface area is 60.2 Å². The molecule has 0 aromatic heterocycles. The van der Waals surface area contributed by atoms with Gasteiger partial charge in [-0.25, -0.2) is 0 Å². The molecule has 0 heterocycles. The van der Waals surface area contributed by atoms with E-state index in [2.05, 4.69) is 0 Å². The van der Waals surface area contributed by atoms with Gasteiger partial charge < -0.3 is 5.11 Å². The van der Waals surface area contributed by atoms with Crippen LogP contribution in [0.4, 0.5) is 0 Å². The maximum absolute atomic E-state index is 10.6. The molecule has 10 heavy (non-hydrogen) atoms. The second-order valence-electron chi connectivity index (χ2n) is 3.59. The molecule has 0 spiro atoms. The van der Waals surface area contributed by atoms with Crippen LogP contribution >= 0.6 is 0 Å². The Balaban J connectivity index is 1.77. The van der Waals surface area contributed by atoms with E-state index in [9.17, 15) is 4.79 Å². The molecule has 0 aromatic carbocycles. The standard InChI is InChI=1S/C8H12O2/c9-7-1-5(2-7)6-3-8(10)4-6/h5-7,9H,1-4H2. The average molecular weight is 140 g/mol. The Bertz CT molecular complexity index is 151. The fourth-order valence-electron chi connectivity index (χ4n) is 1.87. The van der Waals surface area contributed by atoms with Crippen LogP contribution in [0.3, 0.4) is 0 Å². The molecule has 0 saturated heterocycles. The summed E-state index contributed by atoms with van der Waals surface area (Å²) in [4.78, 5) is 10.6. The summed E-state index contributed by atoms with van der Waals surface area (Å²) in [7, 11) is 0. The van der Waals surface area contributed by atoms with Crippen LogP contribution in [0.15, 0.2) is 0 Å². The molecule has 2 rings (SSSR count). The van der Waals surface area contributed by atoms with E-state index in [4.69, 9.17) is 5.11 Å². The summed E-state index contributed by atoms with van der Waals surface area (Å²) in [6.45, 7) is 0. The Hall–Kier alpha value is -0.370. The minimum absolute atomic E-state index is 0.0549. The highest BCUT2D eigenvalue weighted by molar-refractivity contribution is 5.84. The van der Waals surface area contributed by atoms with Crippen molar-refractivity contribution in [2.24, 2.45) is 11.8 Å². The number of Topliss-reactive ketones (excluding diaryl/α,β-unsaturated/α-hetero) is 1. The van der Waals surface area contributed by atoms with Gasteiger partial charge in [0.1, 0.15) is 5.78 Å². The van der Waals surface area contributed by atoms with Crippen LogP contribution in [0.5, 0.6) is 0 Å². The third kappa shape index (κ3) is 0.870. The monoisotopic (exact) mass is 140 g/mol. The number of hydrogen-bond acceptors (Lipinski definition) is 2. The molecule has 0 radical (unpaired) electrons. The van der Waals surface area contributed by atoms with Crippen LogP contribution in [0.2, 0.25) is 0 Å². The second-order valence-corrected chi connectivity index (χ2v) is 3.59. The number of aliphatic hydroxyl groups excluding tert-OH is 1. The van der Waals surface area contributed by atoms with Crippen molar-refractivity contribution in [1.82, 2.24) is 0 Å². The lowest BCUT2D eigenvalue weighted by Crippen LogP contribution is -2.40. The Morgan fingerprint density at radius 1 is 1.20 bits per heavy atom. The molecule has 0 bridgehead atoms. The van der Waals surface area contributed by atoms with Gasteiger partial charge in [0.25, 0.3) is 0 Å². The van der Waals surface area contributed by atoms with Crippen LogP contribution in [0.25, 0.3) is 0 Å². The van der Waals surface area contributed by atoms with E-state index < -0.39 is 0 Å². The Kier molecular flexibility index (Phi) is 1.31. The number of rotatable bonds is 1. The molecule has 2 nitrogen and oxygen atoms in total. The molecule has 0 amide bonds. The first-order valence-electron chi connectivity index (χ1n) is 3.95. The van der Waals surface area contributed by atoms with Gasteiger partial charge in [-0.2, -0.15) is 0 Å². The zero-order valence-electron chi connectivity index (χ0n) is 5.92. The molecule has 2 fully saturated rings. The summed E-state index contributed by atoms with van der Waals surface area (Å²) in [5, 5.41) is 8.97. The molecule has 1 N–H and O–H groups in total. The number of carbonyl (C=O) groups excluding carboxylic acids is 1. The van der Waals surface area contributed by atoms with E-state index >= 15 is 0 Å². The quantitative estimate of drug-likeness (QED) is 0.583. The maximum Gasteiger partial charge on any atom is 0.133 e. The highest BCUT2D eigenvalue weighted by atomic mass is 16.3. The molecule has 2 aliphatic carbocycles. The number of hydrogen-bond donors (Lipinski definition) is 1. The van der Waals surface area contributed by atoms with Gasteiger partial charge in [0.05, 0.1) is 6.10 Å². The van der Waals surface area contributed by atoms with E-state index in [0.717, 1.165) is 25.7 Å². The van der Waals surface area contributed by atoms with E-state index in [-0.39, 0.29) is 6.10 Å². The normalized spacial score (nSPS) is 40.7. The third-order valence-electron chi connectivity index (χ3n) is 2.80. The van der Waals surface area contributed by atoms with Crippen LogP contribution in [0.1, 0.15) is 25.7 Å². The molecule has 2 heteroatoms. The molecule has 0 unspecified atom stereocenters. The highest BCUT2D eigenvalue weighted by Crippen LogP contribution is 2.42. The maximum atomic E-state index is 10.6. The fraction of sp³-hybridized carbons (Fsp3) is 0.875. The zero-order chi connectivity index (χ0) is 7.14. The molecule has 0 aliphatic heterocycles. The molecule has 0 atom stereocenters. The SMILES string of the molecule is O=C1CC(C2CC(O)C2)C1. The first-order chi connectivity index (χ1) is 4.75. The molecular formula is C8H12O2. The summed E-state index contributed by atoms with van der Waals surface area (Å²) >= 11 is 0. The highest BCUT2D eigenvalue weighted by Gasteiger charge is 2.40. The molecule has 0 aromatic rings. The van der Waals surface area contributed by atoms with Gasteiger partial charge in [-0.05, 0) is 24.7 Å². The summed E-state index contributed by atoms with van der Waals surface area (Å²) in [6, 6.07) is 0. The molecule has 2 saturated carbocycles.